The van der Waals surface area contributed by atoms with Crippen LogP contribution in [0.25, 0.3) is 10.9 Å². The number of Topliss-reactive ketones (excluding diaryl/α,β-unsaturated/α-hetero) is 1. The third kappa shape index (κ3) is 3.14. The van der Waals surface area contributed by atoms with Crippen LogP contribution < -0.4 is 4.90 Å². The normalized spacial score (nSPS) is 17.0. The van der Waals surface area contributed by atoms with Crippen molar-refractivity contribution in [2.75, 3.05) is 32.8 Å². The summed E-state index contributed by atoms with van der Waals surface area (Å²) in [5.41, 5.74) is 1.73. The highest BCUT2D eigenvalue weighted by Gasteiger charge is 2.32. The van der Waals surface area contributed by atoms with Gasteiger partial charge in [-0.05, 0) is 19.9 Å². The summed E-state index contributed by atoms with van der Waals surface area (Å²) in [6.07, 6.45) is 1.55. The van der Waals surface area contributed by atoms with Crippen molar-refractivity contribution in [3.8, 4) is 0 Å². The lowest BCUT2D eigenvalue weighted by Crippen LogP contribution is -3.18. The van der Waals surface area contributed by atoms with Crippen LogP contribution in [-0.4, -0.2) is 60.6 Å². The second-order valence-corrected chi connectivity index (χ2v) is 6.18. The molecule has 2 N–H and O–H groups in total. The first-order valence-electron chi connectivity index (χ1n) is 8.48. The number of piperazine rings is 1. The molecule has 2 aromatic rings. The van der Waals surface area contributed by atoms with Gasteiger partial charge in [-0.25, -0.2) is 4.79 Å². The number of rotatable bonds is 4. The number of aromatic nitrogens is 1. The van der Waals surface area contributed by atoms with E-state index >= 15 is 0 Å². The zero-order valence-electron chi connectivity index (χ0n) is 14.2. The Balaban J connectivity index is 1.66. The van der Waals surface area contributed by atoms with Crippen LogP contribution in [0.3, 0.4) is 0 Å². The molecule has 1 aromatic heterocycles. The van der Waals surface area contributed by atoms with Crippen molar-refractivity contribution in [2.45, 2.75) is 19.9 Å². The molecule has 1 fully saturated rings. The minimum atomic E-state index is -0.257. The molecule has 1 amide bonds. The number of quaternary nitrogens is 1. The maximum atomic E-state index is 12.9. The van der Waals surface area contributed by atoms with Crippen LogP contribution in [0, 0.1) is 0 Å². The first-order valence-corrected chi connectivity index (χ1v) is 8.48. The van der Waals surface area contributed by atoms with Gasteiger partial charge in [-0.3, -0.25) is 9.69 Å². The van der Waals surface area contributed by atoms with Crippen molar-refractivity contribution in [2.24, 2.45) is 0 Å². The summed E-state index contributed by atoms with van der Waals surface area (Å²) in [6.45, 7) is 6.93. The average molecular weight is 330 g/mol. The number of carbonyl (C=O) groups excluding carboxylic acids is 2. The van der Waals surface area contributed by atoms with E-state index in [-0.39, 0.29) is 17.9 Å². The Kier molecular flexibility index (Phi) is 4.85. The maximum Gasteiger partial charge on any atom is 0.410 e. The number of nitrogens with zero attached hydrogens (tertiary/aromatic N) is 1. The van der Waals surface area contributed by atoms with Gasteiger partial charge >= 0.3 is 6.09 Å². The number of ketones is 1. The van der Waals surface area contributed by atoms with Gasteiger partial charge in [-0.2, -0.15) is 0 Å². The Bertz CT molecular complexity index is 732. The summed E-state index contributed by atoms with van der Waals surface area (Å²) in [5.74, 6) is 0.145. The highest BCUT2D eigenvalue weighted by molar-refractivity contribution is 6.09. The van der Waals surface area contributed by atoms with Crippen molar-refractivity contribution in [1.82, 2.24) is 9.88 Å². The number of fused-ring (bicyclic) bond motifs is 1. The van der Waals surface area contributed by atoms with E-state index in [0.29, 0.717) is 19.7 Å². The Labute approximate surface area is 141 Å². The number of benzene rings is 1. The van der Waals surface area contributed by atoms with Gasteiger partial charge in [0, 0.05) is 22.7 Å². The minimum Gasteiger partial charge on any atom is -0.450 e. The van der Waals surface area contributed by atoms with Crippen LogP contribution in [0.15, 0.2) is 30.5 Å². The summed E-state index contributed by atoms with van der Waals surface area (Å²) in [6, 6.07) is 7.72. The lowest BCUT2D eigenvalue weighted by atomic mass is 10.0. The van der Waals surface area contributed by atoms with E-state index in [4.69, 9.17) is 4.74 Å². The minimum absolute atomic E-state index is 0.131. The Morgan fingerprint density at radius 3 is 2.71 bits per heavy atom. The molecule has 6 nitrogen and oxygen atoms in total. The molecule has 1 aromatic carbocycles. The number of ether oxygens (including phenoxy) is 1. The number of hydrogen-bond acceptors (Lipinski definition) is 3. The van der Waals surface area contributed by atoms with Gasteiger partial charge in [0.15, 0.2) is 0 Å². The van der Waals surface area contributed by atoms with Gasteiger partial charge in [0.2, 0.25) is 5.78 Å². The standard InChI is InChI=1S/C18H23N3O3/c1-3-24-18(23)21-10-8-20(9-11-21)13(2)17(22)15-12-19-16-7-5-4-6-14(15)16/h4-7,12-13,19H,3,8-11H2,1-2H3/p+1/t13-/m0/s1. The first-order chi connectivity index (χ1) is 11.6. The van der Waals surface area contributed by atoms with Crippen molar-refractivity contribution < 1.29 is 19.2 Å². The molecule has 0 radical (unpaired) electrons. The third-order valence-electron chi connectivity index (χ3n) is 4.79. The molecule has 128 valence electrons. The highest BCUT2D eigenvalue weighted by atomic mass is 16.6. The van der Waals surface area contributed by atoms with E-state index in [1.54, 1.807) is 18.0 Å². The fourth-order valence-electron chi connectivity index (χ4n) is 3.32. The van der Waals surface area contributed by atoms with Crippen LogP contribution in [0.4, 0.5) is 4.79 Å². The third-order valence-corrected chi connectivity index (χ3v) is 4.79. The average Bonchev–Trinajstić information content (AvgIpc) is 3.05. The van der Waals surface area contributed by atoms with E-state index in [1.807, 2.05) is 31.2 Å². The van der Waals surface area contributed by atoms with Crippen LogP contribution in [0.5, 0.6) is 0 Å². The van der Waals surface area contributed by atoms with Crippen LogP contribution >= 0.6 is 0 Å². The van der Waals surface area contributed by atoms with E-state index in [1.165, 1.54) is 4.90 Å². The molecule has 0 aliphatic carbocycles. The first kappa shape index (κ1) is 16.5. The molecule has 0 spiro atoms. The fraction of sp³-hybridized carbons (Fsp3) is 0.444. The topological polar surface area (TPSA) is 66.8 Å². The Morgan fingerprint density at radius 2 is 2.00 bits per heavy atom. The number of carbonyl (C=O) groups is 2. The number of aromatic amines is 1. The molecular weight excluding hydrogens is 306 g/mol. The Hall–Kier alpha value is -2.34. The predicted octanol–water partition coefficient (Wildman–Crippen LogP) is 1.10. The van der Waals surface area contributed by atoms with Gasteiger partial charge in [0.1, 0.15) is 6.04 Å². The molecule has 0 bridgehead atoms. The molecule has 0 saturated carbocycles. The molecule has 1 aliphatic heterocycles. The molecule has 6 heteroatoms. The van der Waals surface area contributed by atoms with Crippen LogP contribution in [-0.2, 0) is 4.74 Å². The second-order valence-electron chi connectivity index (χ2n) is 6.18. The highest BCUT2D eigenvalue weighted by Crippen LogP contribution is 2.18. The van der Waals surface area contributed by atoms with Gasteiger partial charge in [-0.15, -0.1) is 0 Å². The van der Waals surface area contributed by atoms with Gasteiger partial charge in [0.05, 0.1) is 32.8 Å². The summed E-state index contributed by atoms with van der Waals surface area (Å²) >= 11 is 0. The number of para-hydroxylation sites is 1. The van der Waals surface area contributed by atoms with E-state index in [2.05, 4.69) is 4.98 Å². The molecule has 24 heavy (non-hydrogen) atoms. The molecule has 1 atom stereocenters. The number of H-pyrrole nitrogens is 1. The fourth-order valence-corrected chi connectivity index (χ4v) is 3.32. The summed E-state index contributed by atoms with van der Waals surface area (Å²) in [4.78, 5) is 30.8. The molecule has 0 unspecified atom stereocenters. The van der Waals surface area contributed by atoms with Crippen molar-refractivity contribution >= 4 is 22.8 Å². The molecule has 2 heterocycles. The van der Waals surface area contributed by atoms with Crippen molar-refractivity contribution in [3.05, 3.63) is 36.0 Å². The van der Waals surface area contributed by atoms with Crippen LogP contribution in [0.1, 0.15) is 24.2 Å². The molecular formula is C18H24N3O3+. The molecule has 3 rings (SSSR count). The van der Waals surface area contributed by atoms with E-state index in [9.17, 15) is 9.59 Å². The van der Waals surface area contributed by atoms with Crippen molar-refractivity contribution in [3.63, 3.8) is 0 Å². The van der Waals surface area contributed by atoms with Gasteiger partial charge in [-0.1, -0.05) is 18.2 Å². The zero-order valence-corrected chi connectivity index (χ0v) is 14.2. The zero-order chi connectivity index (χ0) is 17.1. The lowest BCUT2D eigenvalue weighted by molar-refractivity contribution is -0.917. The Morgan fingerprint density at radius 1 is 1.29 bits per heavy atom. The predicted molar refractivity (Wildman–Crippen MR) is 91.4 cm³/mol. The monoisotopic (exact) mass is 330 g/mol. The van der Waals surface area contributed by atoms with E-state index in [0.717, 1.165) is 29.6 Å². The van der Waals surface area contributed by atoms with Gasteiger partial charge in [0.25, 0.3) is 0 Å². The summed E-state index contributed by atoms with van der Waals surface area (Å²) < 4.78 is 5.04. The molecule has 1 saturated heterocycles. The maximum absolute atomic E-state index is 12.9. The second kappa shape index (κ2) is 7.05. The summed E-state index contributed by atoms with van der Waals surface area (Å²) in [5, 5.41) is 0.971. The number of hydrogen-bond donors (Lipinski definition) is 2. The number of amides is 1. The van der Waals surface area contributed by atoms with E-state index < -0.39 is 0 Å². The SMILES string of the molecule is CCOC(=O)N1CC[NH+]([C@@H](C)C(=O)c2c[nH]c3ccccc23)CC1. The summed E-state index contributed by atoms with van der Waals surface area (Å²) in [7, 11) is 0. The lowest BCUT2D eigenvalue weighted by Gasteiger charge is -2.34. The van der Waals surface area contributed by atoms with Crippen LogP contribution in [0.2, 0.25) is 0 Å². The number of nitrogens with one attached hydrogen (secondary N) is 2. The smallest absolute Gasteiger partial charge is 0.410 e. The molecule has 1 aliphatic rings. The largest absolute Gasteiger partial charge is 0.450 e. The van der Waals surface area contributed by atoms with Gasteiger partial charge < -0.3 is 14.6 Å². The quantitative estimate of drug-likeness (QED) is 0.825. The van der Waals surface area contributed by atoms with Crippen molar-refractivity contribution in [1.29, 1.82) is 0 Å².